The third kappa shape index (κ3) is 5.54. The SMILES string of the molecule is C[C@@H]1CCCC[C@@H]1NC(=O)NC(=O)COC(=O)c1cccc([N+](=O)[O-])c1. The van der Waals surface area contributed by atoms with Crippen molar-refractivity contribution in [3.8, 4) is 0 Å². The number of ether oxygens (including phenoxy) is 1. The summed E-state index contributed by atoms with van der Waals surface area (Å²) in [5.74, 6) is -1.31. The third-order valence-corrected chi connectivity index (χ3v) is 4.31. The number of rotatable bonds is 5. The van der Waals surface area contributed by atoms with Crippen LogP contribution in [0.25, 0.3) is 0 Å². The molecule has 0 aromatic heterocycles. The summed E-state index contributed by atoms with van der Waals surface area (Å²) < 4.78 is 4.78. The average Bonchev–Trinajstić information content (AvgIpc) is 2.61. The normalized spacial score (nSPS) is 19.3. The first-order chi connectivity index (χ1) is 12.4. The smallest absolute Gasteiger partial charge is 0.338 e. The first-order valence-electron chi connectivity index (χ1n) is 8.38. The topological polar surface area (TPSA) is 128 Å². The van der Waals surface area contributed by atoms with E-state index in [1.165, 1.54) is 18.2 Å². The van der Waals surface area contributed by atoms with Gasteiger partial charge >= 0.3 is 12.0 Å². The Balaban J connectivity index is 1.79. The molecule has 140 valence electrons. The van der Waals surface area contributed by atoms with Crippen LogP contribution in [0.4, 0.5) is 10.5 Å². The fourth-order valence-corrected chi connectivity index (χ4v) is 2.86. The molecule has 0 radical (unpaired) electrons. The average molecular weight is 363 g/mol. The van der Waals surface area contributed by atoms with E-state index in [0.29, 0.717) is 5.92 Å². The van der Waals surface area contributed by atoms with Crippen molar-refractivity contribution in [1.82, 2.24) is 10.6 Å². The number of nitro groups is 1. The second-order valence-electron chi connectivity index (χ2n) is 6.27. The molecule has 0 spiro atoms. The van der Waals surface area contributed by atoms with Crippen LogP contribution in [-0.4, -0.2) is 35.5 Å². The number of amides is 3. The number of carbonyl (C=O) groups excluding carboxylic acids is 3. The minimum Gasteiger partial charge on any atom is -0.452 e. The second-order valence-corrected chi connectivity index (χ2v) is 6.27. The molecule has 9 nitrogen and oxygen atoms in total. The molecule has 0 saturated heterocycles. The number of nitrogens with one attached hydrogen (secondary N) is 2. The van der Waals surface area contributed by atoms with Crippen molar-refractivity contribution in [3.63, 3.8) is 0 Å². The summed E-state index contributed by atoms with van der Waals surface area (Å²) in [6.45, 7) is 1.39. The Hall–Kier alpha value is -2.97. The van der Waals surface area contributed by atoms with Crippen LogP contribution in [0.2, 0.25) is 0 Å². The zero-order valence-electron chi connectivity index (χ0n) is 14.4. The molecule has 1 aromatic carbocycles. The molecule has 2 rings (SSSR count). The van der Waals surface area contributed by atoms with Crippen molar-refractivity contribution in [2.45, 2.75) is 38.6 Å². The van der Waals surface area contributed by atoms with E-state index in [9.17, 15) is 24.5 Å². The molecule has 1 fully saturated rings. The van der Waals surface area contributed by atoms with Crippen LogP contribution in [0, 0.1) is 16.0 Å². The molecule has 0 unspecified atom stereocenters. The lowest BCUT2D eigenvalue weighted by molar-refractivity contribution is -0.384. The molecule has 3 amide bonds. The first kappa shape index (κ1) is 19.4. The van der Waals surface area contributed by atoms with Gasteiger partial charge in [-0.3, -0.25) is 20.2 Å². The van der Waals surface area contributed by atoms with E-state index in [-0.39, 0.29) is 17.3 Å². The quantitative estimate of drug-likeness (QED) is 0.469. The molecule has 1 aromatic rings. The number of benzene rings is 1. The number of esters is 1. The Labute approximate surface area is 150 Å². The summed E-state index contributed by atoms with van der Waals surface area (Å²) in [4.78, 5) is 45.5. The molecule has 1 aliphatic carbocycles. The number of hydrogen-bond acceptors (Lipinski definition) is 6. The Morgan fingerprint density at radius 3 is 2.69 bits per heavy atom. The summed E-state index contributed by atoms with van der Waals surface area (Å²) in [5.41, 5.74) is -0.308. The van der Waals surface area contributed by atoms with Gasteiger partial charge in [0.15, 0.2) is 6.61 Å². The van der Waals surface area contributed by atoms with Crippen molar-refractivity contribution in [2.75, 3.05) is 6.61 Å². The monoisotopic (exact) mass is 363 g/mol. The fraction of sp³-hybridized carbons (Fsp3) is 0.471. The Morgan fingerprint density at radius 1 is 1.27 bits per heavy atom. The Morgan fingerprint density at radius 2 is 2.00 bits per heavy atom. The van der Waals surface area contributed by atoms with Crippen LogP contribution in [-0.2, 0) is 9.53 Å². The lowest BCUT2D eigenvalue weighted by atomic mass is 9.86. The summed E-state index contributed by atoms with van der Waals surface area (Å²) in [6.07, 6.45) is 4.06. The number of nitrogens with zero attached hydrogens (tertiary/aromatic N) is 1. The molecular formula is C17H21N3O6. The van der Waals surface area contributed by atoms with Gasteiger partial charge in [0.25, 0.3) is 11.6 Å². The Kier molecular flexibility index (Phi) is 6.65. The number of urea groups is 1. The minimum absolute atomic E-state index is 0.0176. The zero-order chi connectivity index (χ0) is 19.1. The maximum atomic E-state index is 11.8. The van der Waals surface area contributed by atoms with Crippen LogP contribution in [0.1, 0.15) is 43.0 Å². The number of carbonyl (C=O) groups is 3. The van der Waals surface area contributed by atoms with Crippen LogP contribution < -0.4 is 10.6 Å². The lowest BCUT2D eigenvalue weighted by Gasteiger charge is -2.29. The van der Waals surface area contributed by atoms with E-state index in [4.69, 9.17) is 4.74 Å². The third-order valence-electron chi connectivity index (χ3n) is 4.31. The predicted molar refractivity (Wildman–Crippen MR) is 91.5 cm³/mol. The highest BCUT2D eigenvalue weighted by Gasteiger charge is 2.23. The van der Waals surface area contributed by atoms with Gasteiger partial charge in [-0.2, -0.15) is 0 Å². The van der Waals surface area contributed by atoms with Gasteiger partial charge in [0, 0.05) is 18.2 Å². The van der Waals surface area contributed by atoms with E-state index < -0.39 is 29.4 Å². The van der Waals surface area contributed by atoms with Crippen molar-refractivity contribution in [3.05, 3.63) is 39.9 Å². The van der Waals surface area contributed by atoms with Crippen molar-refractivity contribution >= 4 is 23.6 Å². The maximum absolute atomic E-state index is 11.8. The molecule has 2 atom stereocenters. The van der Waals surface area contributed by atoms with Gasteiger partial charge < -0.3 is 10.1 Å². The maximum Gasteiger partial charge on any atom is 0.338 e. The van der Waals surface area contributed by atoms with E-state index >= 15 is 0 Å². The number of nitro benzene ring substituents is 1. The molecule has 1 saturated carbocycles. The minimum atomic E-state index is -0.884. The van der Waals surface area contributed by atoms with Gasteiger partial charge in [0.05, 0.1) is 10.5 Å². The fourth-order valence-electron chi connectivity index (χ4n) is 2.86. The predicted octanol–water partition coefficient (Wildman–Crippen LogP) is 2.16. The lowest BCUT2D eigenvalue weighted by Crippen LogP contribution is -2.48. The molecule has 0 aliphatic heterocycles. The van der Waals surface area contributed by atoms with Crippen LogP contribution in [0.15, 0.2) is 24.3 Å². The molecule has 26 heavy (non-hydrogen) atoms. The van der Waals surface area contributed by atoms with Crippen LogP contribution in [0.5, 0.6) is 0 Å². The molecular weight excluding hydrogens is 342 g/mol. The van der Waals surface area contributed by atoms with Gasteiger partial charge in [0.2, 0.25) is 0 Å². The molecule has 9 heteroatoms. The van der Waals surface area contributed by atoms with E-state index in [1.807, 2.05) is 6.92 Å². The largest absolute Gasteiger partial charge is 0.452 e. The highest BCUT2D eigenvalue weighted by molar-refractivity contribution is 5.97. The molecule has 0 heterocycles. The van der Waals surface area contributed by atoms with Crippen LogP contribution >= 0.6 is 0 Å². The highest BCUT2D eigenvalue weighted by atomic mass is 16.6. The number of hydrogen-bond donors (Lipinski definition) is 2. The first-order valence-corrected chi connectivity index (χ1v) is 8.38. The van der Waals surface area contributed by atoms with E-state index in [2.05, 4.69) is 10.6 Å². The second kappa shape index (κ2) is 8.93. The Bertz CT molecular complexity index is 705. The summed E-state index contributed by atoms with van der Waals surface area (Å²) in [7, 11) is 0. The van der Waals surface area contributed by atoms with E-state index in [1.54, 1.807) is 0 Å². The number of imide groups is 1. The van der Waals surface area contributed by atoms with Gasteiger partial charge in [-0.15, -0.1) is 0 Å². The van der Waals surface area contributed by atoms with Crippen molar-refractivity contribution in [2.24, 2.45) is 5.92 Å². The molecule has 0 bridgehead atoms. The van der Waals surface area contributed by atoms with Gasteiger partial charge in [-0.1, -0.05) is 25.8 Å². The number of non-ortho nitro benzene ring substituents is 1. The van der Waals surface area contributed by atoms with Crippen molar-refractivity contribution in [1.29, 1.82) is 0 Å². The summed E-state index contributed by atoms with van der Waals surface area (Å²) >= 11 is 0. The zero-order valence-corrected chi connectivity index (χ0v) is 14.4. The summed E-state index contributed by atoms with van der Waals surface area (Å²) in [6, 6.07) is 4.36. The standard InChI is InChI=1S/C17H21N3O6/c1-11-5-2-3-8-14(11)18-17(23)19-15(21)10-26-16(22)12-6-4-7-13(9-12)20(24)25/h4,6-7,9,11,14H,2-3,5,8,10H2,1H3,(H2,18,19,21,23)/t11-,14+/m1/s1. The van der Waals surface area contributed by atoms with Gasteiger partial charge in [0.1, 0.15) is 0 Å². The summed E-state index contributed by atoms with van der Waals surface area (Å²) in [5, 5.41) is 15.6. The van der Waals surface area contributed by atoms with Crippen molar-refractivity contribution < 1.29 is 24.0 Å². The van der Waals surface area contributed by atoms with Gasteiger partial charge in [-0.25, -0.2) is 9.59 Å². The highest BCUT2D eigenvalue weighted by Crippen LogP contribution is 2.23. The molecule has 2 N–H and O–H groups in total. The molecule has 1 aliphatic rings. The van der Waals surface area contributed by atoms with Gasteiger partial charge in [-0.05, 0) is 24.8 Å². The van der Waals surface area contributed by atoms with E-state index in [0.717, 1.165) is 31.7 Å². The van der Waals surface area contributed by atoms with Crippen LogP contribution in [0.3, 0.4) is 0 Å².